The molecule has 1 rings (SSSR count). The highest BCUT2D eigenvalue weighted by molar-refractivity contribution is 9.10. The highest BCUT2D eigenvalue weighted by Gasteiger charge is 2.08. The number of nitrogens with one attached hydrogen (secondary N) is 1. The lowest BCUT2D eigenvalue weighted by molar-refractivity contribution is 0.0696. The van der Waals surface area contributed by atoms with Gasteiger partial charge in [-0.05, 0) is 40.0 Å². The van der Waals surface area contributed by atoms with Gasteiger partial charge in [-0.2, -0.15) is 0 Å². The Balaban J connectivity index is 2.62. The number of ether oxygens (including phenoxy) is 1. The molecule has 0 saturated carbocycles. The number of hydrogen-bond donors (Lipinski definition) is 2. The smallest absolute Gasteiger partial charge is 0.336 e. The molecule has 0 bridgehead atoms. The molecule has 1 aromatic rings. The van der Waals surface area contributed by atoms with Gasteiger partial charge in [0, 0.05) is 23.8 Å². The molecule has 0 amide bonds. The molecule has 17 heavy (non-hydrogen) atoms. The third kappa shape index (κ3) is 4.36. The van der Waals surface area contributed by atoms with E-state index in [1.807, 2.05) is 0 Å². The van der Waals surface area contributed by atoms with E-state index in [-0.39, 0.29) is 5.56 Å². The first kappa shape index (κ1) is 14.0. The van der Waals surface area contributed by atoms with Crippen LogP contribution >= 0.6 is 15.9 Å². The summed E-state index contributed by atoms with van der Waals surface area (Å²) in [4.78, 5) is 10.8. The molecule has 0 spiro atoms. The number of rotatable bonds is 6. The number of aromatic carboxylic acids is 1. The number of anilines is 1. The predicted molar refractivity (Wildman–Crippen MR) is 70.6 cm³/mol. The third-order valence-electron chi connectivity index (χ3n) is 2.31. The average molecular weight is 302 g/mol. The molecule has 0 aliphatic carbocycles. The highest BCUT2D eigenvalue weighted by atomic mass is 79.9. The maximum Gasteiger partial charge on any atom is 0.336 e. The molecule has 0 aromatic heterocycles. The Morgan fingerprint density at radius 3 is 2.82 bits per heavy atom. The summed E-state index contributed by atoms with van der Waals surface area (Å²) in [7, 11) is 1.68. The van der Waals surface area contributed by atoms with Gasteiger partial charge >= 0.3 is 5.97 Å². The van der Waals surface area contributed by atoms with Gasteiger partial charge in [-0.25, -0.2) is 4.79 Å². The summed E-state index contributed by atoms with van der Waals surface area (Å²) in [6.45, 7) is 3.56. The minimum Gasteiger partial charge on any atom is -0.478 e. The zero-order chi connectivity index (χ0) is 12.8. The Morgan fingerprint density at radius 2 is 2.29 bits per heavy atom. The van der Waals surface area contributed by atoms with Crippen molar-refractivity contribution in [2.24, 2.45) is 5.92 Å². The van der Waals surface area contributed by atoms with Crippen LogP contribution in [0.3, 0.4) is 0 Å². The molecule has 0 radical (unpaired) electrons. The van der Waals surface area contributed by atoms with Gasteiger partial charge in [0.25, 0.3) is 0 Å². The van der Waals surface area contributed by atoms with Gasteiger partial charge in [-0.3, -0.25) is 0 Å². The maximum atomic E-state index is 10.8. The zero-order valence-electron chi connectivity index (χ0n) is 9.87. The first-order chi connectivity index (χ1) is 8.04. The van der Waals surface area contributed by atoms with Crippen LogP contribution in [-0.4, -0.2) is 31.3 Å². The van der Waals surface area contributed by atoms with Crippen molar-refractivity contribution in [3.8, 4) is 0 Å². The van der Waals surface area contributed by atoms with Crippen LogP contribution in [0.1, 0.15) is 17.3 Å². The molecule has 0 aliphatic heterocycles. The van der Waals surface area contributed by atoms with Crippen molar-refractivity contribution in [3.05, 3.63) is 28.2 Å². The molecule has 0 saturated heterocycles. The Kier molecular flexibility index (Phi) is 5.44. The fourth-order valence-corrected chi connectivity index (χ4v) is 1.98. The number of benzene rings is 1. The van der Waals surface area contributed by atoms with Gasteiger partial charge in [0.05, 0.1) is 12.2 Å². The minimum absolute atomic E-state index is 0.264. The SMILES string of the molecule is COCC(C)CNc1ccc(C(=O)O)c(Br)c1. The van der Waals surface area contributed by atoms with Crippen LogP contribution < -0.4 is 5.32 Å². The fourth-order valence-electron chi connectivity index (χ4n) is 1.43. The van der Waals surface area contributed by atoms with E-state index in [2.05, 4.69) is 28.2 Å². The van der Waals surface area contributed by atoms with Gasteiger partial charge in [0.1, 0.15) is 0 Å². The average Bonchev–Trinajstić information content (AvgIpc) is 2.26. The van der Waals surface area contributed by atoms with Crippen LogP contribution in [0.4, 0.5) is 5.69 Å². The number of carbonyl (C=O) groups is 1. The minimum atomic E-state index is -0.934. The van der Waals surface area contributed by atoms with Crippen molar-refractivity contribution >= 4 is 27.6 Å². The van der Waals surface area contributed by atoms with Gasteiger partial charge < -0.3 is 15.2 Å². The van der Waals surface area contributed by atoms with E-state index >= 15 is 0 Å². The van der Waals surface area contributed by atoms with Gasteiger partial charge in [0.2, 0.25) is 0 Å². The lowest BCUT2D eigenvalue weighted by Crippen LogP contribution is -2.15. The summed E-state index contributed by atoms with van der Waals surface area (Å²) in [5, 5.41) is 12.1. The van der Waals surface area contributed by atoms with Crippen LogP contribution in [0.25, 0.3) is 0 Å². The van der Waals surface area contributed by atoms with Crippen molar-refractivity contribution in [3.63, 3.8) is 0 Å². The van der Waals surface area contributed by atoms with E-state index in [4.69, 9.17) is 9.84 Å². The molecule has 0 heterocycles. The normalized spacial score (nSPS) is 12.2. The second kappa shape index (κ2) is 6.61. The first-order valence-electron chi connectivity index (χ1n) is 5.30. The van der Waals surface area contributed by atoms with Crippen LogP contribution in [0, 0.1) is 5.92 Å². The Hall–Kier alpha value is -1.07. The fraction of sp³-hybridized carbons (Fsp3) is 0.417. The van der Waals surface area contributed by atoms with E-state index < -0.39 is 5.97 Å². The molecule has 0 fully saturated rings. The van der Waals surface area contributed by atoms with E-state index in [9.17, 15) is 4.79 Å². The summed E-state index contributed by atoms with van der Waals surface area (Å²) in [6, 6.07) is 5.10. The number of hydrogen-bond acceptors (Lipinski definition) is 3. The van der Waals surface area contributed by atoms with E-state index in [1.165, 1.54) is 0 Å². The van der Waals surface area contributed by atoms with Gasteiger partial charge in [0.15, 0.2) is 0 Å². The molecule has 2 N–H and O–H groups in total. The third-order valence-corrected chi connectivity index (χ3v) is 2.96. The quantitative estimate of drug-likeness (QED) is 0.848. The maximum absolute atomic E-state index is 10.8. The van der Waals surface area contributed by atoms with Crippen LogP contribution in [0.5, 0.6) is 0 Å². The van der Waals surface area contributed by atoms with Crippen molar-refractivity contribution < 1.29 is 14.6 Å². The first-order valence-corrected chi connectivity index (χ1v) is 6.09. The summed E-state index contributed by atoms with van der Waals surface area (Å²) < 4.78 is 5.62. The Labute approximate surface area is 109 Å². The van der Waals surface area contributed by atoms with Gasteiger partial charge in [-0.15, -0.1) is 0 Å². The van der Waals surface area contributed by atoms with Gasteiger partial charge in [-0.1, -0.05) is 6.92 Å². The number of methoxy groups -OCH3 is 1. The molecule has 1 aromatic carbocycles. The van der Waals surface area contributed by atoms with E-state index in [1.54, 1.807) is 25.3 Å². The summed E-state index contributed by atoms with van der Waals surface area (Å²) in [6.07, 6.45) is 0. The Morgan fingerprint density at radius 1 is 1.59 bits per heavy atom. The molecular formula is C12H16BrNO3. The van der Waals surface area contributed by atoms with Crippen LogP contribution in [0.2, 0.25) is 0 Å². The van der Waals surface area contributed by atoms with E-state index in [0.717, 1.165) is 12.2 Å². The molecule has 1 atom stereocenters. The molecule has 4 nitrogen and oxygen atoms in total. The second-order valence-electron chi connectivity index (χ2n) is 3.94. The standard InChI is InChI=1S/C12H16BrNO3/c1-8(7-17-2)6-14-9-3-4-10(12(15)16)11(13)5-9/h3-5,8,14H,6-7H2,1-2H3,(H,15,16). The molecule has 5 heteroatoms. The predicted octanol–water partition coefficient (Wildman–Crippen LogP) is 2.84. The summed E-state index contributed by atoms with van der Waals surface area (Å²) in [5.74, 6) is -0.533. The van der Waals surface area contributed by atoms with Crippen molar-refractivity contribution in [2.75, 3.05) is 25.6 Å². The van der Waals surface area contributed by atoms with Crippen molar-refractivity contribution in [1.29, 1.82) is 0 Å². The van der Waals surface area contributed by atoms with Crippen LogP contribution in [-0.2, 0) is 4.74 Å². The zero-order valence-corrected chi connectivity index (χ0v) is 11.5. The second-order valence-corrected chi connectivity index (χ2v) is 4.80. The van der Waals surface area contributed by atoms with Crippen LogP contribution in [0.15, 0.2) is 22.7 Å². The summed E-state index contributed by atoms with van der Waals surface area (Å²) in [5.41, 5.74) is 1.16. The number of carboxylic acids is 1. The molecule has 0 aliphatic rings. The molecule has 94 valence electrons. The topological polar surface area (TPSA) is 58.6 Å². The molecular weight excluding hydrogens is 286 g/mol. The van der Waals surface area contributed by atoms with Crippen molar-refractivity contribution in [1.82, 2.24) is 0 Å². The highest BCUT2D eigenvalue weighted by Crippen LogP contribution is 2.21. The number of halogens is 1. The Bertz CT molecular complexity index is 395. The monoisotopic (exact) mass is 301 g/mol. The van der Waals surface area contributed by atoms with Crippen molar-refractivity contribution in [2.45, 2.75) is 6.92 Å². The summed E-state index contributed by atoms with van der Waals surface area (Å²) >= 11 is 3.24. The largest absolute Gasteiger partial charge is 0.478 e. The molecule has 1 unspecified atom stereocenters. The number of carboxylic acid groups (broad SMARTS) is 1. The van der Waals surface area contributed by atoms with E-state index in [0.29, 0.717) is 17.0 Å². The lowest BCUT2D eigenvalue weighted by atomic mass is 10.1. The lowest BCUT2D eigenvalue weighted by Gasteiger charge is -2.13.